The zero-order valence-electron chi connectivity index (χ0n) is 12.5. The lowest BCUT2D eigenvalue weighted by atomic mass is 10.1. The van der Waals surface area contributed by atoms with E-state index in [9.17, 15) is 14.7 Å². The summed E-state index contributed by atoms with van der Waals surface area (Å²) in [6.07, 6.45) is 1.70. The molecular formula is C14H24N2O4. The molecule has 1 aliphatic carbocycles. The Kier molecular flexibility index (Phi) is 4.22. The van der Waals surface area contributed by atoms with Crippen LogP contribution in [0.15, 0.2) is 0 Å². The maximum atomic E-state index is 11.9. The zero-order valence-corrected chi connectivity index (χ0v) is 12.5. The summed E-state index contributed by atoms with van der Waals surface area (Å²) in [5.74, 6) is -0.446. The Labute approximate surface area is 119 Å². The van der Waals surface area contributed by atoms with Gasteiger partial charge in [0, 0.05) is 26.2 Å². The van der Waals surface area contributed by atoms with E-state index in [2.05, 4.69) is 0 Å². The van der Waals surface area contributed by atoms with E-state index in [1.54, 1.807) is 4.90 Å². The van der Waals surface area contributed by atoms with Gasteiger partial charge in [-0.1, -0.05) is 0 Å². The van der Waals surface area contributed by atoms with Crippen LogP contribution in [0.5, 0.6) is 0 Å². The molecule has 1 saturated heterocycles. The number of carbonyl (C=O) groups is 2. The Bertz CT molecular complexity index is 379. The van der Waals surface area contributed by atoms with Crippen molar-refractivity contribution >= 4 is 12.1 Å². The minimum atomic E-state index is -0.738. The van der Waals surface area contributed by atoms with Gasteiger partial charge in [-0.2, -0.15) is 0 Å². The molecular weight excluding hydrogens is 260 g/mol. The van der Waals surface area contributed by atoms with Crippen molar-refractivity contribution < 1.29 is 19.4 Å². The van der Waals surface area contributed by atoms with E-state index in [0.717, 1.165) is 12.8 Å². The molecule has 1 N–H and O–H groups in total. The Morgan fingerprint density at radius 3 is 2.10 bits per heavy atom. The number of aliphatic carboxylic acids is 1. The first-order valence-electron chi connectivity index (χ1n) is 7.23. The minimum Gasteiger partial charge on any atom is -0.480 e. The number of carbonyl (C=O) groups excluding carboxylic acids is 1. The number of carboxylic acid groups (broad SMARTS) is 1. The molecule has 20 heavy (non-hydrogen) atoms. The Balaban J connectivity index is 1.85. The van der Waals surface area contributed by atoms with Crippen LogP contribution in [0.1, 0.15) is 33.6 Å². The number of carboxylic acids is 1. The predicted molar refractivity (Wildman–Crippen MR) is 73.5 cm³/mol. The van der Waals surface area contributed by atoms with Gasteiger partial charge in [0.1, 0.15) is 11.6 Å². The van der Waals surface area contributed by atoms with Crippen molar-refractivity contribution in [2.75, 3.05) is 26.2 Å². The highest BCUT2D eigenvalue weighted by Gasteiger charge is 2.41. The van der Waals surface area contributed by atoms with Gasteiger partial charge < -0.3 is 14.7 Å². The van der Waals surface area contributed by atoms with Crippen LogP contribution in [0.4, 0.5) is 4.79 Å². The van der Waals surface area contributed by atoms with E-state index < -0.39 is 11.6 Å². The van der Waals surface area contributed by atoms with Crippen LogP contribution in [-0.4, -0.2) is 64.8 Å². The maximum absolute atomic E-state index is 11.9. The molecule has 6 heteroatoms. The standard InChI is InChI=1S/C14H24N2O4/c1-14(2,3)20-13(19)16-8-6-15(7-9-16)11(12(17)18)10-4-5-10/h10-11H,4-9H2,1-3H3,(H,17,18). The number of nitrogens with zero attached hydrogens (tertiary/aromatic N) is 2. The van der Waals surface area contributed by atoms with Gasteiger partial charge in [-0.25, -0.2) is 4.79 Å². The number of ether oxygens (including phenoxy) is 1. The van der Waals surface area contributed by atoms with Gasteiger partial charge in [0.05, 0.1) is 0 Å². The van der Waals surface area contributed by atoms with Crippen molar-refractivity contribution in [2.45, 2.75) is 45.3 Å². The Morgan fingerprint density at radius 2 is 1.70 bits per heavy atom. The largest absolute Gasteiger partial charge is 0.480 e. The quantitative estimate of drug-likeness (QED) is 0.848. The number of piperazine rings is 1. The minimum absolute atomic E-state index is 0.292. The summed E-state index contributed by atoms with van der Waals surface area (Å²) in [5, 5.41) is 9.32. The second-order valence-corrected chi connectivity index (χ2v) is 6.62. The number of rotatable bonds is 3. The van der Waals surface area contributed by atoms with Crippen molar-refractivity contribution in [3.63, 3.8) is 0 Å². The molecule has 0 aromatic heterocycles. The smallest absolute Gasteiger partial charge is 0.410 e. The van der Waals surface area contributed by atoms with Crippen LogP contribution < -0.4 is 0 Å². The highest BCUT2D eigenvalue weighted by atomic mass is 16.6. The van der Waals surface area contributed by atoms with E-state index in [0.29, 0.717) is 32.1 Å². The Hall–Kier alpha value is -1.30. The first-order chi connectivity index (χ1) is 9.28. The highest BCUT2D eigenvalue weighted by Crippen LogP contribution is 2.35. The van der Waals surface area contributed by atoms with Gasteiger partial charge in [0.25, 0.3) is 0 Å². The summed E-state index contributed by atoms with van der Waals surface area (Å²) in [6, 6.07) is -0.379. The van der Waals surface area contributed by atoms with E-state index in [-0.39, 0.29) is 12.1 Å². The Morgan fingerprint density at radius 1 is 1.15 bits per heavy atom. The lowest BCUT2D eigenvalue weighted by molar-refractivity contribution is -0.144. The third kappa shape index (κ3) is 3.85. The third-order valence-electron chi connectivity index (χ3n) is 3.68. The van der Waals surface area contributed by atoms with Crippen molar-refractivity contribution in [2.24, 2.45) is 5.92 Å². The highest BCUT2D eigenvalue weighted by molar-refractivity contribution is 5.74. The van der Waals surface area contributed by atoms with Gasteiger partial charge >= 0.3 is 12.1 Å². The SMILES string of the molecule is CC(C)(C)OC(=O)N1CCN(C(C(=O)O)C2CC2)CC1. The van der Waals surface area contributed by atoms with Gasteiger partial charge in [0.2, 0.25) is 0 Å². The van der Waals surface area contributed by atoms with Crippen molar-refractivity contribution in [1.29, 1.82) is 0 Å². The van der Waals surface area contributed by atoms with Crippen molar-refractivity contribution in [3.05, 3.63) is 0 Å². The lowest BCUT2D eigenvalue weighted by Crippen LogP contribution is -2.55. The third-order valence-corrected chi connectivity index (χ3v) is 3.68. The molecule has 0 aromatic carbocycles. The zero-order chi connectivity index (χ0) is 14.9. The molecule has 0 spiro atoms. The summed E-state index contributed by atoms with van der Waals surface area (Å²) in [7, 11) is 0. The number of hydrogen-bond donors (Lipinski definition) is 1. The fourth-order valence-corrected chi connectivity index (χ4v) is 2.58. The normalized spacial score (nSPS) is 22.4. The average Bonchev–Trinajstić information content (AvgIpc) is 3.12. The molecule has 6 nitrogen and oxygen atoms in total. The first kappa shape index (κ1) is 15.1. The maximum Gasteiger partial charge on any atom is 0.410 e. The number of hydrogen-bond acceptors (Lipinski definition) is 4. The first-order valence-corrected chi connectivity index (χ1v) is 7.23. The fraction of sp³-hybridized carbons (Fsp3) is 0.857. The van der Waals surface area contributed by atoms with Gasteiger partial charge in [-0.05, 0) is 39.5 Å². The van der Waals surface area contributed by atoms with Crippen LogP contribution in [0, 0.1) is 5.92 Å². The molecule has 1 unspecified atom stereocenters. The fourth-order valence-electron chi connectivity index (χ4n) is 2.58. The molecule has 1 atom stereocenters. The van der Waals surface area contributed by atoms with Crippen LogP contribution in [0.3, 0.4) is 0 Å². The van der Waals surface area contributed by atoms with Gasteiger partial charge in [-0.3, -0.25) is 9.69 Å². The molecule has 0 radical (unpaired) electrons. The molecule has 114 valence electrons. The van der Waals surface area contributed by atoms with Crippen molar-refractivity contribution in [3.8, 4) is 0 Å². The van der Waals surface area contributed by atoms with E-state index in [1.807, 2.05) is 25.7 Å². The number of amides is 1. The molecule has 1 saturated carbocycles. The molecule has 1 heterocycles. The second-order valence-electron chi connectivity index (χ2n) is 6.62. The molecule has 0 bridgehead atoms. The summed E-state index contributed by atoms with van der Waals surface area (Å²) in [5.41, 5.74) is -0.494. The van der Waals surface area contributed by atoms with E-state index in [4.69, 9.17) is 4.74 Å². The van der Waals surface area contributed by atoms with Crippen LogP contribution in [0.2, 0.25) is 0 Å². The summed E-state index contributed by atoms with van der Waals surface area (Å²) in [4.78, 5) is 26.9. The van der Waals surface area contributed by atoms with Crippen LogP contribution in [-0.2, 0) is 9.53 Å². The molecule has 1 amide bonds. The molecule has 0 aromatic rings. The van der Waals surface area contributed by atoms with Gasteiger partial charge in [0.15, 0.2) is 0 Å². The molecule has 2 fully saturated rings. The monoisotopic (exact) mass is 284 g/mol. The summed E-state index contributed by atoms with van der Waals surface area (Å²) < 4.78 is 5.33. The average molecular weight is 284 g/mol. The molecule has 2 rings (SSSR count). The van der Waals surface area contributed by atoms with E-state index >= 15 is 0 Å². The molecule has 1 aliphatic heterocycles. The topological polar surface area (TPSA) is 70.1 Å². The molecule has 2 aliphatic rings. The van der Waals surface area contributed by atoms with Crippen molar-refractivity contribution in [1.82, 2.24) is 9.80 Å². The predicted octanol–water partition coefficient (Wildman–Crippen LogP) is 1.40. The van der Waals surface area contributed by atoms with Crippen LogP contribution >= 0.6 is 0 Å². The van der Waals surface area contributed by atoms with Gasteiger partial charge in [-0.15, -0.1) is 0 Å². The lowest BCUT2D eigenvalue weighted by Gasteiger charge is -2.38. The summed E-state index contributed by atoms with van der Waals surface area (Å²) in [6.45, 7) is 7.80. The van der Waals surface area contributed by atoms with E-state index in [1.165, 1.54) is 0 Å². The van der Waals surface area contributed by atoms with Crippen LogP contribution in [0.25, 0.3) is 0 Å². The second kappa shape index (κ2) is 5.60. The summed E-state index contributed by atoms with van der Waals surface area (Å²) >= 11 is 0.